The average Bonchev–Trinajstić information content (AvgIpc) is 2.99. The van der Waals surface area contributed by atoms with Gasteiger partial charge in [0.2, 0.25) is 0 Å². The average molecular weight is 387 g/mol. The van der Waals surface area contributed by atoms with E-state index in [-0.39, 0.29) is 18.2 Å². The Morgan fingerprint density at radius 3 is 2.59 bits per heavy atom. The van der Waals surface area contributed by atoms with Crippen LogP contribution in [-0.2, 0) is 4.79 Å². The topological polar surface area (TPSA) is 54.6 Å². The molecule has 0 fully saturated rings. The van der Waals surface area contributed by atoms with E-state index in [2.05, 4.69) is 0 Å². The van der Waals surface area contributed by atoms with Crippen molar-refractivity contribution in [1.29, 1.82) is 0 Å². The number of allylic oxidation sites excluding steroid dienone is 1. The maximum absolute atomic E-state index is 13.4. The van der Waals surface area contributed by atoms with Crippen LogP contribution < -0.4 is 0 Å². The molecule has 1 N–H and O–H groups in total. The van der Waals surface area contributed by atoms with Crippen LogP contribution in [0.3, 0.4) is 0 Å². The first-order valence-corrected chi connectivity index (χ1v) is 9.11. The van der Waals surface area contributed by atoms with E-state index < -0.39 is 5.97 Å². The van der Waals surface area contributed by atoms with Gasteiger partial charge >= 0.3 is 5.97 Å². The van der Waals surface area contributed by atoms with Gasteiger partial charge < -0.3 is 5.11 Å². The highest BCUT2D eigenvalue weighted by atomic mass is 35.5. The van der Waals surface area contributed by atoms with Crippen molar-refractivity contribution < 1.29 is 14.3 Å². The molecule has 27 heavy (non-hydrogen) atoms. The third kappa shape index (κ3) is 4.03. The number of aliphatic carboxylic acids is 1. The number of rotatable bonds is 6. The first kappa shape index (κ1) is 19.1. The minimum atomic E-state index is -0.838. The van der Waals surface area contributed by atoms with Crippen molar-refractivity contribution in [2.75, 3.05) is 0 Å². The van der Waals surface area contributed by atoms with Crippen LogP contribution in [0.1, 0.15) is 43.9 Å². The Balaban J connectivity index is 2.25. The normalized spacial score (nSPS) is 11.7. The number of aromatic nitrogens is 2. The van der Waals surface area contributed by atoms with Gasteiger partial charge in [-0.05, 0) is 42.2 Å². The van der Waals surface area contributed by atoms with Crippen LogP contribution in [0.4, 0.5) is 4.39 Å². The Bertz CT molecular complexity index is 1010. The summed E-state index contributed by atoms with van der Waals surface area (Å²) in [5, 5.41) is 14.0. The Labute approximate surface area is 161 Å². The van der Waals surface area contributed by atoms with Crippen molar-refractivity contribution in [1.82, 2.24) is 9.61 Å². The van der Waals surface area contributed by atoms with Crippen LogP contribution in [0.5, 0.6) is 0 Å². The Morgan fingerprint density at radius 1 is 1.26 bits per heavy atom. The van der Waals surface area contributed by atoms with Crippen molar-refractivity contribution in [3.8, 4) is 11.1 Å². The molecule has 0 unspecified atom stereocenters. The summed E-state index contributed by atoms with van der Waals surface area (Å²) in [6, 6.07) is 9.95. The van der Waals surface area contributed by atoms with Crippen molar-refractivity contribution in [3.05, 3.63) is 64.7 Å². The molecule has 3 rings (SSSR count). The zero-order valence-electron chi connectivity index (χ0n) is 15.1. The van der Waals surface area contributed by atoms with Gasteiger partial charge in [-0.2, -0.15) is 5.10 Å². The molecule has 0 spiro atoms. The lowest BCUT2D eigenvalue weighted by Crippen LogP contribution is -2.06. The zero-order chi connectivity index (χ0) is 19.6. The second kappa shape index (κ2) is 7.92. The fourth-order valence-electron chi connectivity index (χ4n) is 3.05. The SMILES string of the molecule is CC(C)c1nn2c(Cl)ccc2c(-c2ccc(F)cc2)c1C=CCCC(=O)O. The summed E-state index contributed by atoms with van der Waals surface area (Å²) < 4.78 is 15.1. The van der Waals surface area contributed by atoms with Gasteiger partial charge in [-0.3, -0.25) is 4.79 Å². The molecule has 4 nitrogen and oxygen atoms in total. The molecule has 2 heterocycles. The molecule has 0 aliphatic rings. The van der Waals surface area contributed by atoms with Crippen LogP contribution >= 0.6 is 11.6 Å². The molecule has 0 saturated carbocycles. The highest BCUT2D eigenvalue weighted by molar-refractivity contribution is 6.30. The van der Waals surface area contributed by atoms with Gasteiger partial charge in [-0.15, -0.1) is 0 Å². The predicted molar refractivity (Wildman–Crippen MR) is 106 cm³/mol. The van der Waals surface area contributed by atoms with Gasteiger partial charge in [-0.25, -0.2) is 8.91 Å². The largest absolute Gasteiger partial charge is 0.481 e. The summed E-state index contributed by atoms with van der Waals surface area (Å²) in [6.07, 6.45) is 4.23. The van der Waals surface area contributed by atoms with Crippen LogP contribution in [0.25, 0.3) is 22.7 Å². The number of carbonyl (C=O) groups is 1. The first-order valence-electron chi connectivity index (χ1n) is 8.74. The lowest BCUT2D eigenvalue weighted by atomic mass is 9.94. The number of benzene rings is 1. The molecule has 3 aromatic rings. The smallest absolute Gasteiger partial charge is 0.303 e. The minimum absolute atomic E-state index is 0.0615. The van der Waals surface area contributed by atoms with Crippen LogP contribution in [-0.4, -0.2) is 20.7 Å². The van der Waals surface area contributed by atoms with E-state index in [1.165, 1.54) is 12.1 Å². The summed E-state index contributed by atoms with van der Waals surface area (Å²) in [7, 11) is 0. The lowest BCUT2D eigenvalue weighted by molar-refractivity contribution is -0.136. The number of fused-ring (bicyclic) bond motifs is 1. The number of hydrogen-bond acceptors (Lipinski definition) is 2. The van der Waals surface area contributed by atoms with E-state index in [1.807, 2.05) is 32.1 Å². The van der Waals surface area contributed by atoms with E-state index in [9.17, 15) is 9.18 Å². The van der Waals surface area contributed by atoms with E-state index in [4.69, 9.17) is 21.8 Å². The summed E-state index contributed by atoms with van der Waals surface area (Å²) in [5.41, 5.74) is 4.29. The predicted octanol–water partition coefficient (Wildman–Crippen LogP) is 5.80. The van der Waals surface area contributed by atoms with Crippen LogP contribution in [0.15, 0.2) is 42.5 Å². The Hall–Kier alpha value is -2.66. The fourth-order valence-corrected chi connectivity index (χ4v) is 3.24. The van der Waals surface area contributed by atoms with Gasteiger partial charge in [-0.1, -0.05) is 49.7 Å². The third-order valence-electron chi connectivity index (χ3n) is 4.31. The fraction of sp³-hybridized carbons (Fsp3) is 0.238. The van der Waals surface area contributed by atoms with E-state index in [0.717, 1.165) is 27.9 Å². The molecule has 140 valence electrons. The molecule has 6 heteroatoms. The Kier molecular flexibility index (Phi) is 5.61. The molecule has 0 aliphatic carbocycles. The molecule has 0 amide bonds. The lowest BCUT2D eigenvalue weighted by Gasteiger charge is -2.17. The number of halogens is 2. The summed E-state index contributed by atoms with van der Waals surface area (Å²) in [4.78, 5) is 10.8. The van der Waals surface area contributed by atoms with E-state index >= 15 is 0 Å². The van der Waals surface area contributed by atoms with Gasteiger partial charge in [0.05, 0.1) is 11.2 Å². The molecule has 0 saturated heterocycles. The second-order valence-electron chi connectivity index (χ2n) is 6.62. The van der Waals surface area contributed by atoms with Crippen molar-refractivity contribution in [2.45, 2.75) is 32.6 Å². The standard InChI is InChI=1S/C21H20ClFN2O2/c1-13(2)21-16(5-3-4-6-19(26)27)20(14-7-9-15(23)10-8-14)17-11-12-18(22)25(17)24-21/h3,5,7-13H,4,6H2,1-2H3,(H,26,27). The molecule has 0 atom stereocenters. The Morgan fingerprint density at radius 2 is 1.96 bits per heavy atom. The van der Waals surface area contributed by atoms with E-state index in [0.29, 0.717) is 11.6 Å². The molecular weight excluding hydrogens is 367 g/mol. The molecule has 0 bridgehead atoms. The maximum atomic E-state index is 13.4. The molecular formula is C21H20ClFN2O2. The van der Waals surface area contributed by atoms with Crippen molar-refractivity contribution >= 4 is 29.2 Å². The summed E-state index contributed by atoms with van der Waals surface area (Å²) in [5.74, 6) is -1.03. The number of carboxylic acid groups (broad SMARTS) is 1. The van der Waals surface area contributed by atoms with Gasteiger partial charge in [0, 0.05) is 17.5 Å². The number of nitrogens with zero attached hydrogens (tertiary/aromatic N) is 2. The minimum Gasteiger partial charge on any atom is -0.481 e. The van der Waals surface area contributed by atoms with Crippen LogP contribution in [0, 0.1) is 5.82 Å². The molecule has 0 aliphatic heterocycles. The van der Waals surface area contributed by atoms with Gasteiger partial charge in [0.1, 0.15) is 11.0 Å². The number of hydrogen-bond donors (Lipinski definition) is 1. The summed E-state index contributed by atoms with van der Waals surface area (Å²) >= 11 is 6.31. The zero-order valence-corrected chi connectivity index (χ0v) is 15.9. The molecule has 1 aromatic carbocycles. The second-order valence-corrected chi connectivity index (χ2v) is 7.01. The quantitative estimate of drug-likeness (QED) is 0.582. The van der Waals surface area contributed by atoms with Crippen LogP contribution in [0.2, 0.25) is 5.15 Å². The number of carboxylic acids is 1. The monoisotopic (exact) mass is 386 g/mol. The maximum Gasteiger partial charge on any atom is 0.303 e. The highest BCUT2D eigenvalue weighted by Gasteiger charge is 2.18. The molecule has 0 radical (unpaired) electrons. The van der Waals surface area contributed by atoms with Gasteiger partial charge in [0.15, 0.2) is 0 Å². The van der Waals surface area contributed by atoms with E-state index in [1.54, 1.807) is 22.7 Å². The third-order valence-corrected chi connectivity index (χ3v) is 4.59. The van der Waals surface area contributed by atoms with Crippen molar-refractivity contribution in [3.63, 3.8) is 0 Å². The van der Waals surface area contributed by atoms with Crippen molar-refractivity contribution in [2.24, 2.45) is 0 Å². The first-order chi connectivity index (χ1) is 12.9. The summed E-state index contributed by atoms with van der Waals surface area (Å²) in [6.45, 7) is 4.07. The van der Waals surface area contributed by atoms with Gasteiger partial charge in [0.25, 0.3) is 0 Å². The molecule has 2 aromatic heterocycles. The highest BCUT2D eigenvalue weighted by Crippen LogP contribution is 2.35.